The van der Waals surface area contributed by atoms with Gasteiger partial charge in [0.05, 0.1) is 31.5 Å². The smallest absolute Gasteiger partial charge is 0.121 e. The second-order valence-electron chi connectivity index (χ2n) is 7.61. The van der Waals surface area contributed by atoms with Crippen molar-refractivity contribution in [1.82, 2.24) is 5.06 Å². The number of methoxy groups -OCH3 is 1. The van der Waals surface area contributed by atoms with Gasteiger partial charge in [0, 0.05) is 0 Å². The first-order chi connectivity index (χ1) is 9.61. The zero-order chi connectivity index (χ0) is 15.8. The highest BCUT2D eigenvalue weighted by Gasteiger charge is 2.50. The largest absolute Gasteiger partial charge is 0.499 e. The Morgan fingerprint density at radius 1 is 1.10 bits per heavy atom. The van der Waals surface area contributed by atoms with Crippen molar-refractivity contribution in [3.8, 4) is 0 Å². The molecule has 0 unspecified atom stereocenters. The third kappa shape index (κ3) is 4.19. The third-order valence-electron chi connectivity index (χ3n) is 3.39. The van der Waals surface area contributed by atoms with Gasteiger partial charge < -0.3 is 14.2 Å². The first kappa shape index (κ1) is 16.7. The molecule has 0 aromatic carbocycles. The summed E-state index contributed by atoms with van der Waals surface area (Å²) in [6.45, 7) is 13.6. The first-order valence-corrected chi connectivity index (χ1v) is 7.60. The van der Waals surface area contributed by atoms with E-state index in [2.05, 4.69) is 41.5 Å². The molecule has 0 spiro atoms. The predicted molar refractivity (Wildman–Crippen MR) is 80.8 cm³/mol. The molecular formula is C16H29NO4. The lowest BCUT2D eigenvalue weighted by Crippen LogP contribution is -2.46. The molecule has 0 aliphatic carbocycles. The maximum atomic E-state index is 6.29. The van der Waals surface area contributed by atoms with E-state index in [1.165, 1.54) is 0 Å². The molecule has 0 aromatic rings. The van der Waals surface area contributed by atoms with E-state index in [-0.39, 0.29) is 29.5 Å². The summed E-state index contributed by atoms with van der Waals surface area (Å²) in [6.07, 6.45) is 1.81. The number of fused-ring (bicyclic) bond motifs is 1. The van der Waals surface area contributed by atoms with Crippen molar-refractivity contribution in [1.29, 1.82) is 0 Å². The van der Waals surface area contributed by atoms with E-state index < -0.39 is 0 Å². The van der Waals surface area contributed by atoms with Crippen LogP contribution >= 0.6 is 0 Å². The van der Waals surface area contributed by atoms with Crippen LogP contribution < -0.4 is 0 Å². The van der Waals surface area contributed by atoms with Gasteiger partial charge in [-0.15, -0.1) is 0 Å². The Labute approximate surface area is 128 Å². The molecule has 0 bridgehead atoms. The number of ether oxygens (including phenoxy) is 3. The molecule has 0 N–H and O–H groups in total. The summed E-state index contributed by atoms with van der Waals surface area (Å²) < 4.78 is 18.0. The fourth-order valence-corrected chi connectivity index (χ4v) is 2.85. The molecule has 5 heteroatoms. The van der Waals surface area contributed by atoms with Crippen LogP contribution in [0.2, 0.25) is 0 Å². The Bertz CT molecular complexity index is 394. The standard InChI is InChI=1S/C16H29NO4/c1-15(2,3)20-12-10-17-13(11(18-7)8-9-19-17)14(12)21-16(4,5)6/h8,12-14H,9-10H2,1-7H3/t12-,13-,14+/m0/s1. The van der Waals surface area contributed by atoms with Gasteiger partial charge in [-0.05, 0) is 47.6 Å². The summed E-state index contributed by atoms with van der Waals surface area (Å²) in [6, 6.07) is -0.0460. The fourth-order valence-electron chi connectivity index (χ4n) is 2.85. The van der Waals surface area contributed by atoms with Crippen LogP contribution in [-0.2, 0) is 19.0 Å². The number of rotatable bonds is 3. The third-order valence-corrected chi connectivity index (χ3v) is 3.39. The molecule has 0 radical (unpaired) electrons. The average Bonchev–Trinajstić information content (AvgIpc) is 2.63. The van der Waals surface area contributed by atoms with E-state index in [0.717, 1.165) is 5.76 Å². The molecule has 2 aliphatic rings. The van der Waals surface area contributed by atoms with Crippen LogP contribution in [0.25, 0.3) is 0 Å². The van der Waals surface area contributed by atoms with Gasteiger partial charge in [0.2, 0.25) is 0 Å². The highest BCUT2D eigenvalue weighted by atomic mass is 16.7. The lowest BCUT2D eigenvalue weighted by molar-refractivity contribution is -0.188. The van der Waals surface area contributed by atoms with E-state index in [0.29, 0.717) is 13.2 Å². The van der Waals surface area contributed by atoms with Gasteiger partial charge in [-0.1, -0.05) is 0 Å². The van der Waals surface area contributed by atoms with Crippen LogP contribution in [-0.4, -0.2) is 54.8 Å². The SMILES string of the molecule is COC1=CCON2C[C@H](OC(C)(C)C)[C@@H](OC(C)(C)C)[C@H]12. The molecule has 1 saturated heterocycles. The first-order valence-electron chi connectivity index (χ1n) is 7.60. The number of hydrogen-bond donors (Lipinski definition) is 0. The maximum absolute atomic E-state index is 6.29. The quantitative estimate of drug-likeness (QED) is 0.801. The summed E-state index contributed by atoms with van der Waals surface area (Å²) in [5.41, 5.74) is -0.480. The van der Waals surface area contributed by atoms with Crippen LogP contribution in [0.4, 0.5) is 0 Å². The molecule has 0 amide bonds. The summed E-state index contributed by atoms with van der Waals surface area (Å²) in [7, 11) is 1.70. The molecule has 3 atom stereocenters. The normalized spacial score (nSPS) is 31.0. The molecular weight excluding hydrogens is 270 g/mol. The van der Waals surface area contributed by atoms with Crippen LogP contribution in [0, 0.1) is 0 Å². The van der Waals surface area contributed by atoms with Crippen LogP contribution in [0.15, 0.2) is 11.8 Å². The molecule has 0 aromatic heterocycles. The van der Waals surface area contributed by atoms with Gasteiger partial charge in [0.25, 0.3) is 0 Å². The van der Waals surface area contributed by atoms with E-state index in [4.69, 9.17) is 19.0 Å². The van der Waals surface area contributed by atoms with E-state index in [1.54, 1.807) is 7.11 Å². The molecule has 2 rings (SSSR count). The second kappa shape index (κ2) is 5.88. The van der Waals surface area contributed by atoms with E-state index in [1.807, 2.05) is 11.1 Å². The van der Waals surface area contributed by atoms with E-state index >= 15 is 0 Å². The average molecular weight is 299 g/mol. The minimum absolute atomic E-state index is 0.0460. The van der Waals surface area contributed by atoms with Crippen molar-refractivity contribution in [2.24, 2.45) is 0 Å². The number of hydroxylamine groups is 2. The summed E-state index contributed by atoms with van der Waals surface area (Å²) in [4.78, 5) is 5.74. The Morgan fingerprint density at radius 3 is 2.24 bits per heavy atom. The van der Waals surface area contributed by atoms with Gasteiger partial charge in [-0.3, -0.25) is 4.84 Å². The monoisotopic (exact) mass is 299 g/mol. The summed E-state index contributed by atoms with van der Waals surface area (Å²) >= 11 is 0. The number of hydrogen-bond acceptors (Lipinski definition) is 5. The topological polar surface area (TPSA) is 40.2 Å². The molecule has 2 aliphatic heterocycles. The van der Waals surface area contributed by atoms with Crippen molar-refractivity contribution in [2.75, 3.05) is 20.3 Å². The van der Waals surface area contributed by atoms with Crippen LogP contribution in [0.3, 0.4) is 0 Å². The van der Waals surface area contributed by atoms with Crippen molar-refractivity contribution in [2.45, 2.75) is 71.0 Å². The highest BCUT2D eigenvalue weighted by molar-refractivity contribution is 5.14. The lowest BCUT2D eigenvalue weighted by Gasteiger charge is -2.36. The van der Waals surface area contributed by atoms with Crippen molar-refractivity contribution < 1.29 is 19.0 Å². The fraction of sp³-hybridized carbons (Fsp3) is 0.875. The molecule has 5 nitrogen and oxygen atoms in total. The Kier molecular flexibility index (Phi) is 4.69. The number of nitrogens with zero attached hydrogens (tertiary/aromatic N) is 1. The van der Waals surface area contributed by atoms with Crippen LogP contribution in [0.5, 0.6) is 0 Å². The summed E-state index contributed by atoms with van der Waals surface area (Å²) in [5.74, 6) is 0.899. The molecule has 0 saturated carbocycles. The molecule has 2 heterocycles. The minimum atomic E-state index is -0.254. The summed E-state index contributed by atoms with van der Waals surface area (Å²) in [5, 5.41) is 1.94. The van der Waals surface area contributed by atoms with Gasteiger partial charge in [0.15, 0.2) is 0 Å². The predicted octanol–water partition coefficient (Wildman–Crippen LogP) is 2.51. The minimum Gasteiger partial charge on any atom is -0.499 e. The van der Waals surface area contributed by atoms with Gasteiger partial charge in [-0.2, -0.15) is 5.06 Å². The second-order valence-corrected chi connectivity index (χ2v) is 7.61. The lowest BCUT2D eigenvalue weighted by atomic mass is 10.0. The highest BCUT2D eigenvalue weighted by Crippen LogP contribution is 2.35. The molecule has 122 valence electrons. The van der Waals surface area contributed by atoms with Crippen molar-refractivity contribution in [3.05, 3.63) is 11.8 Å². The van der Waals surface area contributed by atoms with Crippen molar-refractivity contribution >= 4 is 0 Å². The van der Waals surface area contributed by atoms with Crippen molar-refractivity contribution in [3.63, 3.8) is 0 Å². The zero-order valence-corrected chi connectivity index (χ0v) is 14.3. The van der Waals surface area contributed by atoms with Gasteiger partial charge in [-0.25, -0.2) is 0 Å². The van der Waals surface area contributed by atoms with Gasteiger partial charge in [0.1, 0.15) is 24.0 Å². The Hall–Kier alpha value is -0.620. The Balaban J connectivity index is 2.24. The molecule has 1 fully saturated rings. The Morgan fingerprint density at radius 2 is 1.71 bits per heavy atom. The zero-order valence-electron chi connectivity index (χ0n) is 14.3. The van der Waals surface area contributed by atoms with Gasteiger partial charge >= 0.3 is 0 Å². The maximum Gasteiger partial charge on any atom is 0.121 e. The molecule has 21 heavy (non-hydrogen) atoms. The van der Waals surface area contributed by atoms with Crippen LogP contribution in [0.1, 0.15) is 41.5 Å². The van der Waals surface area contributed by atoms with E-state index in [9.17, 15) is 0 Å².